The SMILES string of the molecule is CS(=O)(=O)Nc1cccc(NC(=O)CCC2CCCN2)c1.Cl. The molecule has 1 heterocycles. The molecule has 6 nitrogen and oxygen atoms in total. The van der Waals surface area contributed by atoms with Crippen LogP contribution in [0.1, 0.15) is 25.7 Å². The third-order valence-electron chi connectivity index (χ3n) is 3.33. The van der Waals surface area contributed by atoms with Gasteiger partial charge in [-0.25, -0.2) is 8.42 Å². The van der Waals surface area contributed by atoms with Crippen LogP contribution in [-0.2, 0) is 14.8 Å². The van der Waals surface area contributed by atoms with Crippen molar-refractivity contribution in [1.82, 2.24) is 5.32 Å². The second-order valence-electron chi connectivity index (χ2n) is 5.34. The zero-order valence-corrected chi connectivity index (χ0v) is 14.1. The fourth-order valence-corrected chi connectivity index (χ4v) is 2.96. The standard InChI is InChI=1S/C14H21N3O3S.ClH/c1-21(19,20)17-13-5-2-4-12(10-13)16-14(18)8-7-11-6-3-9-15-11;/h2,4-5,10-11,15,17H,3,6-9H2,1H3,(H,16,18);1H. The number of nitrogens with one attached hydrogen (secondary N) is 3. The van der Waals surface area contributed by atoms with Gasteiger partial charge >= 0.3 is 0 Å². The highest BCUT2D eigenvalue weighted by Gasteiger charge is 2.15. The number of hydrogen-bond donors (Lipinski definition) is 3. The largest absolute Gasteiger partial charge is 0.326 e. The number of sulfonamides is 1. The van der Waals surface area contributed by atoms with Gasteiger partial charge in [-0.2, -0.15) is 0 Å². The highest BCUT2D eigenvalue weighted by Crippen LogP contribution is 2.17. The number of benzene rings is 1. The molecule has 1 saturated heterocycles. The molecule has 1 fully saturated rings. The number of halogens is 1. The zero-order chi connectivity index (χ0) is 15.3. The molecule has 0 bridgehead atoms. The van der Waals surface area contributed by atoms with Gasteiger partial charge in [-0.1, -0.05) is 6.07 Å². The fraction of sp³-hybridized carbons (Fsp3) is 0.500. The molecular weight excluding hydrogens is 326 g/mol. The minimum atomic E-state index is -3.31. The molecule has 124 valence electrons. The third-order valence-corrected chi connectivity index (χ3v) is 3.94. The first-order chi connectivity index (χ1) is 9.92. The molecule has 8 heteroatoms. The van der Waals surface area contributed by atoms with Crippen molar-refractivity contribution in [2.24, 2.45) is 0 Å². The first kappa shape index (κ1) is 18.7. The van der Waals surface area contributed by atoms with Crippen LogP contribution in [0.25, 0.3) is 0 Å². The minimum Gasteiger partial charge on any atom is -0.326 e. The van der Waals surface area contributed by atoms with Crippen molar-refractivity contribution in [1.29, 1.82) is 0 Å². The van der Waals surface area contributed by atoms with E-state index in [1.54, 1.807) is 24.3 Å². The van der Waals surface area contributed by atoms with Gasteiger partial charge in [0.15, 0.2) is 0 Å². The van der Waals surface area contributed by atoms with E-state index in [0.717, 1.165) is 25.6 Å². The maximum absolute atomic E-state index is 11.9. The predicted molar refractivity (Wildman–Crippen MR) is 91.0 cm³/mol. The van der Waals surface area contributed by atoms with E-state index in [9.17, 15) is 13.2 Å². The number of rotatable bonds is 6. The Bertz CT molecular complexity index is 601. The minimum absolute atomic E-state index is 0. The summed E-state index contributed by atoms with van der Waals surface area (Å²) < 4.78 is 24.7. The van der Waals surface area contributed by atoms with Crippen LogP contribution in [0.15, 0.2) is 24.3 Å². The van der Waals surface area contributed by atoms with Crippen LogP contribution in [0, 0.1) is 0 Å². The molecule has 1 aliphatic rings. The van der Waals surface area contributed by atoms with Gasteiger partial charge in [0.1, 0.15) is 0 Å². The van der Waals surface area contributed by atoms with Crippen molar-refractivity contribution < 1.29 is 13.2 Å². The normalized spacial score (nSPS) is 17.6. The van der Waals surface area contributed by atoms with Gasteiger partial charge in [-0.15, -0.1) is 12.4 Å². The summed E-state index contributed by atoms with van der Waals surface area (Å²) in [5.74, 6) is -0.0554. The van der Waals surface area contributed by atoms with Crippen LogP contribution in [0.2, 0.25) is 0 Å². The molecule has 1 amide bonds. The lowest BCUT2D eigenvalue weighted by atomic mass is 10.1. The third kappa shape index (κ3) is 6.64. The number of carbonyl (C=O) groups excluding carboxylic acids is 1. The van der Waals surface area contributed by atoms with Gasteiger partial charge in [0, 0.05) is 18.2 Å². The zero-order valence-electron chi connectivity index (χ0n) is 12.5. The Balaban J connectivity index is 0.00000242. The van der Waals surface area contributed by atoms with Gasteiger partial charge in [0.05, 0.1) is 11.9 Å². The van der Waals surface area contributed by atoms with Crippen molar-refractivity contribution in [3.8, 4) is 0 Å². The van der Waals surface area contributed by atoms with Crippen molar-refractivity contribution in [3.63, 3.8) is 0 Å². The molecule has 0 aromatic heterocycles. The van der Waals surface area contributed by atoms with E-state index in [-0.39, 0.29) is 18.3 Å². The number of carbonyl (C=O) groups is 1. The average Bonchev–Trinajstić information content (AvgIpc) is 2.87. The topological polar surface area (TPSA) is 87.3 Å². The van der Waals surface area contributed by atoms with Gasteiger partial charge < -0.3 is 10.6 Å². The van der Waals surface area contributed by atoms with E-state index in [1.165, 1.54) is 6.42 Å². The van der Waals surface area contributed by atoms with E-state index in [2.05, 4.69) is 15.4 Å². The van der Waals surface area contributed by atoms with Crippen molar-refractivity contribution in [2.45, 2.75) is 31.7 Å². The number of hydrogen-bond acceptors (Lipinski definition) is 4. The fourth-order valence-electron chi connectivity index (χ4n) is 2.41. The summed E-state index contributed by atoms with van der Waals surface area (Å²) in [6.45, 7) is 1.03. The molecule has 1 atom stereocenters. The summed E-state index contributed by atoms with van der Waals surface area (Å²) in [7, 11) is -3.31. The highest BCUT2D eigenvalue weighted by molar-refractivity contribution is 7.92. The lowest BCUT2D eigenvalue weighted by Gasteiger charge is -2.11. The maximum atomic E-state index is 11.9. The summed E-state index contributed by atoms with van der Waals surface area (Å²) in [6, 6.07) is 7.11. The second kappa shape index (κ2) is 8.36. The van der Waals surface area contributed by atoms with E-state index in [0.29, 0.717) is 23.8 Å². The Hall–Kier alpha value is -1.31. The Morgan fingerprint density at radius 2 is 2.09 bits per heavy atom. The van der Waals surface area contributed by atoms with Crippen LogP contribution in [0.4, 0.5) is 11.4 Å². The highest BCUT2D eigenvalue weighted by atomic mass is 35.5. The Morgan fingerprint density at radius 3 is 2.73 bits per heavy atom. The molecule has 0 spiro atoms. The Labute approximate surface area is 137 Å². The molecule has 2 rings (SSSR count). The Kier molecular flexibility index (Phi) is 7.12. The maximum Gasteiger partial charge on any atom is 0.229 e. The van der Waals surface area contributed by atoms with E-state index >= 15 is 0 Å². The molecule has 22 heavy (non-hydrogen) atoms. The molecule has 1 aromatic carbocycles. The van der Waals surface area contributed by atoms with E-state index < -0.39 is 10.0 Å². The molecule has 0 saturated carbocycles. The summed E-state index contributed by atoms with van der Waals surface area (Å²) in [6.07, 6.45) is 4.67. The summed E-state index contributed by atoms with van der Waals surface area (Å²) in [4.78, 5) is 11.9. The predicted octanol–water partition coefficient (Wildman–Crippen LogP) is 1.95. The van der Waals surface area contributed by atoms with Crippen LogP contribution < -0.4 is 15.4 Å². The smallest absolute Gasteiger partial charge is 0.229 e. The summed E-state index contributed by atoms with van der Waals surface area (Å²) >= 11 is 0. The number of amides is 1. The monoisotopic (exact) mass is 347 g/mol. The van der Waals surface area contributed by atoms with Gasteiger partial charge in [-0.05, 0) is 44.0 Å². The van der Waals surface area contributed by atoms with Gasteiger partial charge in [0.25, 0.3) is 0 Å². The van der Waals surface area contributed by atoms with Crippen molar-refractivity contribution in [3.05, 3.63) is 24.3 Å². The van der Waals surface area contributed by atoms with Gasteiger partial charge in [0.2, 0.25) is 15.9 Å². The van der Waals surface area contributed by atoms with Crippen molar-refractivity contribution >= 4 is 39.7 Å². The molecule has 0 radical (unpaired) electrons. The molecule has 1 unspecified atom stereocenters. The molecule has 1 aliphatic heterocycles. The van der Waals surface area contributed by atoms with Crippen LogP contribution in [0.3, 0.4) is 0 Å². The van der Waals surface area contributed by atoms with Crippen LogP contribution >= 0.6 is 12.4 Å². The summed E-state index contributed by atoms with van der Waals surface area (Å²) in [5, 5.41) is 6.14. The quantitative estimate of drug-likeness (QED) is 0.734. The van der Waals surface area contributed by atoms with Crippen molar-refractivity contribution in [2.75, 3.05) is 22.8 Å². The van der Waals surface area contributed by atoms with Crippen LogP contribution in [-0.4, -0.2) is 33.2 Å². The number of anilines is 2. The molecule has 1 aromatic rings. The lowest BCUT2D eigenvalue weighted by molar-refractivity contribution is -0.116. The van der Waals surface area contributed by atoms with E-state index in [4.69, 9.17) is 0 Å². The first-order valence-corrected chi connectivity index (χ1v) is 8.92. The van der Waals surface area contributed by atoms with Crippen LogP contribution in [0.5, 0.6) is 0 Å². The first-order valence-electron chi connectivity index (χ1n) is 7.03. The lowest BCUT2D eigenvalue weighted by Crippen LogP contribution is -2.23. The summed E-state index contributed by atoms with van der Waals surface area (Å²) in [5.41, 5.74) is 1.03. The molecule has 3 N–H and O–H groups in total. The van der Waals surface area contributed by atoms with E-state index in [1.807, 2.05) is 0 Å². The molecular formula is C14H22ClN3O3S. The average molecular weight is 348 g/mol. The Morgan fingerprint density at radius 1 is 1.36 bits per heavy atom. The second-order valence-corrected chi connectivity index (χ2v) is 7.08. The van der Waals surface area contributed by atoms with Gasteiger partial charge in [-0.3, -0.25) is 9.52 Å². The molecule has 0 aliphatic carbocycles.